The summed E-state index contributed by atoms with van der Waals surface area (Å²) < 4.78 is 0. The summed E-state index contributed by atoms with van der Waals surface area (Å²) in [5, 5.41) is 2.99. The van der Waals surface area contributed by atoms with Crippen molar-refractivity contribution in [2.45, 2.75) is 25.8 Å². The average molecular weight is 263 g/mol. The predicted octanol–water partition coefficient (Wildman–Crippen LogP) is 0.581. The number of pyridine rings is 1. The van der Waals surface area contributed by atoms with Crippen LogP contribution in [0.15, 0.2) is 18.5 Å². The number of nitrogen functional groups attached to an aromatic ring is 1. The Balaban J connectivity index is 1.92. The number of hydrogen-bond acceptors (Lipinski definition) is 5. The van der Waals surface area contributed by atoms with Crippen LogP contribution in [0.5, 0.6) is 0 Å². The molecule has 1 aliphatic heterocycles. The largest absolute Gasteiger partial charge is 0.348 e. The quantitative estimate of drug-likeness (QED) is 0.535. The van der Waals surface area contributed by atoms with Crippen molar-refractivity contribution in [1.82, 2.24) is 15.2 Å². The van der Waals surface area contributed by atoms with Gasteiger partial charge in [-0.05, 0) is 38.9 Å². The van der Waals surface area contributed by atoms with Gasteiger partial charge >= 0.3 is 0 Å². The fourth-order valence-corrected chi connectivity index (χ4v) is 2.41. The van der Waals surface area contributed by atoms with Crippen LogP contribution in [0.3, 0.4) is 0 Å². The zero-order chi connectivity index (χ0) is 13.7. The lowest BCUT2D eigenvalue weighted by Gasteiger charge is -2.21. The number of amides is 1. The van der Waals surface area contributed by atoms with Crippen molar-refractivity contribution < 1.29 is 4.79 Å². The molecule has 0 radical (unpaired) electrons. The summed E-state index contributed by atoms with van der Waals surface area (Å²) in [7, 11) is 0. The molecule has 0 spiro atoms. The molecule has 1 aliphatic rings. The minimum absolute atomic E-state index is 0.115. The van der Waals surface area contributed by atoms with E-state index in [1.807, 2.05) is 6.92 Å². The predicted molar refractivity (Wildman–Crippen MR) is 74.6 cm³/mol. The summed E-state index contributed by atoms with van der Waals surface area (Å²) in [6.07, 6.45) is 5.64. The molecule has 0 saturated carbocycles. The van der Waals surface area contributed by atoms with Gasteiger partial charge in [0.25, 0.3) is 5.91 Å². The van der Waals surface area contributed by atoms with Crippen LogP contribution in [-0.2, 0) is 0 Å². The molecule has 4 N–H and O–H groups in total. The third-order valence-electron chi connectivity index (χ3n) is 3.33. The fourth-order valence-electron chi connectivity index (χ4n) is 2.41. The van der Waals surface area contributed by atoms with Crippen molar-refractivity contribution in [3.8, 4) is 0 Å². The Morgan fingerprint density at radius 3 is 2.95 bits per heavy atom. The molecular weight excluding hydrogens is 242 g/mol. The molecule has 19 heavy (non-hydrogen) atoms. The molecule has 2 rings (SSSR count). The lowest BCUT2D eigenvalue weighted by molar-refractivity contribution is 0.0932. The molecule has 1 unspecified atom stereocenters. The molecule has 1 fully saturated rings. The van der Waals surface area contributed by atoms with E-state index in [1.165, 1.54) is 12.8 Å². The Hall–Kier alpha value is -1.66. The van der Waals surface area contributed by atoms with Gasteiger partial charge in [-0.25, -0.2) is 0 Å². The Morgan fingerprint density at radius 2 is 2.26 bits per heavy atom. The first-order valence-corrected chi connectivity index (χ1v) is 6.64. The number of carbonyl (C=O) groups excluding carboxylic acids is 1. The second-order valence-corrected chi connectivity index (χ2v) is 4.95. The smallest absolute Gasteiger partial charge is 0.253 e. The van der Waals surface area contributed by atoms with Crippen LogP contribution in [0.25, 0.3) is 0 Å². The normalized spacial score (nSPS) is 17.2. The van der Waals surface area contributed by atoms with Gasteiger partial charge in [0, 0.05) is 18.8 Å². The van der Waals surface area contributed by atoms with Crippen molar-refractivity contribution in [2.24, 2.45) is 5.84 Å². The second kappa shape index (κ2) is 6.49. The molecule has 2 heterocycles. The number of aromatic nitrogens is 1. The molecule has 0 aliphatic carbocycles. The fraction of sp³-hybridized carbons (Fsp3) is 0.538. The van der Waals surface area contributed by atoms with Crippen LogP contribution in [0.2, 0.25) is 0 Å². The van der Waals surface area contributed by atoms with Crippen LogP contribution in [0.4, 0.5) is 5.69 Å². The van der Waals surface area contributed by atoms with E-state index in [-0.39, 0.29) is 11.9 Å². The Kier molecular flexibility index (Phi) is 4.70. The zero-order valence-corrected chi connectivity index (χ0v) is 11.2. The topological polar surface area (TPSA) is 83.3 Å². The summed E-state index contributed by atoms with van der Waals surface area (Å²) in [6.45, 7) is 5.17. The first-order chi connectivity index (χ1) is 9.20. The number of hydrogen-bond donors (Lipinski definition) is 3. The van der Waals surface area contributed by atoms with Crippen molar-refractivity contribution in [1.29, 1.82) is 0 Å². The standard InChI is InChI=1S/C13H21N5O/c1-10(9-18-6-2-3-7-18)16-13(19)11-4-5-15-8-12(11)17-14/h4-5,8,10,17H,2-3,6-7,9,14H2,1H3,(H,16,19). The van der Waals surface area contributed by atoms with Crippen LogP contribution < -0.4 is 16.6 Å². The van der Waals surface area contributed by atoms with E-state index in [4.69, 9.17) is 5.84 Å². The van der Waals surface area contributed by atoms with Gasteiger partial charge in [-0.15, -0.1) is 0 Å². The van der Waals surface area contributed by atoms with Gasteiger partial charge in [0.15, 0.2) is 0 Å². The molecule has 1 aromatic rings. The van der Waals surface area contributed by atoms with Gasteiger partial charge < -0.3 is 15.6 Å². The molecule has 0 bridgehead atoms. The summed E-state index contributed by atoms with van der Waals surface area (Å²) in [5.41, 5.74) is 3.54. The number of nitrogens with two attached hydrogens (primary N) is 1. The number of nitrogens with zero attached hydrogens (tertiary/aromatic N) is 2. The number of nitrogens with one attached hydrogen (secondary N) is 2. The molecule has 1 amide bonds. The highest BCUT2D eigenvalue weighted by Crippen LogP contribution is 2.12. The van der Waals surface area contributed by atoms with Crippen molar-refractivity contribution in [3.63, 3.8) is 0 Å². The highest BCUT2D eigenvalue weighted by molar-refractivity contribution is 5.99. The summed E-state index contributed by atoms with van der Waals surface area (Å²) in [6, 6.07) is 1.77. The number of likely N-dealkylation sites (tertiary alicyclic amines) is 1. The maximum Gasteiger partial charge on any atom is 0.253 e. The Morgan fingerprint density at radius 1 is 1.53 bits per heavy atom. The highest BCUT2D eigenvalue weighted by atomic mass is 16.1. The van der Waals surface area contributed by atoms with Gasteiger partial charge in [-0.1, -0.05) is 0 Å². The molecule has 1 atom stereocenters. The van der Waals surface area contributed by atoms with E-state index in [2.05, 4.69) is 20.6 Å². The van der Waals surface area contributed by atoms with E-state index in [0.29, 0.717) is 11.3 Å². The van der Waals surface area contributed by atoms with Crippen LogP contribution in [-0.4, -0.2) is 41.5 Å². The van der Waals surface area contributed by atoms with Crippen molar-refractivity contribution >= 4 is 11.6 Å². The summed E-state index contributed by atoms with van der Waals surface area (Å²) >= 11 is 0. The van der Waals surface area contributed by atoms with E-state index in [1.54, 1.807) is 18.5 Å². The molecule has 104 valence electrons. The maximum atomic E-state index is 12.2. The first-order valence-electron chi connectivity index (χ1n) is 6.64. The average Bonchev–Trinajstić information content (AvgIpc) is 2.91. The molecular formula is C13H21N5O. The lowest BCUT2D eigenvalue weighted by Crippen LogP contribution is -2.41. The third kappa shape index (κ3) is 3.65. The van der Waals surface area contributed by atoms with E-state index in [9.17, 15) is 4.79 Å². The van der Waals surface area contributed by atoms with Gasteiger partial charge in [-0.3, -0.25) is 15.6 Å². The molecule has 6 nitrogen and oxygen atoms in total. The summed E-state index contributed by atoms with van der Waals surface area (Å²) in [5.74, 6) is 5.25. The summed E-state index contributed by atoms with van der Waals surface area (Å²) in [4.78, 5) is 18.5. The van der Waals surface area contributed by atoms with Crippen LogP contribution >= 0.6 is 0 Å². The molecule has 1 aromatic heterocycles. The minimum atomic E-state index is -0.123. The monoisotopic (exact) mass is 263 g/mol. The van der Waals surface area contributed by atoms with Crippen molar-refractivity contribution in [3.05, 3.63) is 24.0 Å². The number of anilines is 1. The molecule has 0 aromatic carbocycles. The second-order valence-electron chi connectivity index (χ2n) is 4.95. The van der Waals surface area contributed by atoms with Gasteiger partial charge in [0.1, 0.15) is 0 Å². The third-order valence-corrected chi connectivity index (χ3v) is 3.33. The van der Waals surface area contributed by atoms with Gasteiger partial charge in [0.05, 0.1) is 17.4 Å². The SMILES string of the molecule is CC(CN1CCCC1)NC(=O)c1ccncc1NN. The zero-order valence-electron chi connectivity index (χ0n) is 11.2. The Bertz CT molecular complexity index is 431. The first kappa shape index (κ1) is 13.8. The number of hydrazine groups is 1. The Labute approximate surface area is 113 Å². The minimum Gasteiger partial charge on any atom is -0.348 e. The number of carbonyl (C=O) groups is 1. The van der Waals surface area contributed by atoms with Gasteiger partial charge in [-0.2, -0.15) is 0 Å². The molecule has 6 heteroatoms. The van der Waals surface area contributed by atoms with Crippen LogP contribution in [0.1, 0.15) is 30.1 Å². The maximum absolute atomic E-state index is 12.2. The van der Waals surface area contributed by atoms with E-state index >= 15 is 0 Å². The van der Waals surface area contributed by atoms with Crippen LogP contribution in [0, 0.1) is 0 Å². The van der Waals surface area contributed by atoms with Gasteiger partial charge in [0.2, 0.25) is 0 Å². The van der Waals surface area contributed by atoms with E-state index in [0.717, 1.165) is 19.6 Å². The highest BCUT2D eigenvalue weighted by Gasteiger charge is 2.17. The molecule has 1 saturated heterocycles. The van der Waals surface area contributed by atoms with Crippen molar-refractivity contribution in [2.75, 3.05) is 25.1 Å². The number of rotatable bonds is 5. The lowest BCUT2D eigenvalue weighted by atomic mass is 10.2. The van der Waals surface area contributed by atoms with E-state index < -0.39 is 0 Å².